The van der Waals surface area contributed by atoms with Crippen LogP contribution in [0.5, 0.6) is 0 Å². The molecule has 0 aliphatic heterocycles. The van der Waals surface area contributed by atoms with Gasteiger partial charge in [-0.15, -0.1) is 0 Å². The number of Topliss-reactive ketones (excluding diaryl/α,β-unsaturated/α-hetero) is 1. The predicted molar refractivity (Wildman–Crippen MR) is 112 cm³/mol. The highest BCUT2D eigenvalue weighted by Gasteiger charge is 2.17. The lowest BCUT2D eigenvalue weighted by Gasteiger charge is -2.08. The lowest BCUT2D eigenvalue weighted by atomic mass is 10.2. The van der Waals surface area contributed by atoms with E-state index in [9.17, 15) is 9.59 Å². The molecule has 3 rings (SSSR count). The molecular weight excluding hydrogens is 471 g/mol. The molecule has 0 radical (unpaired) electrons. The topological polar surface area (TPSA) is 51.4 Å². The van der Waals surface area contributed by atoms with Crippen molar-refractivity contribution in [3.63, 3.8) is 0 Å². The molecule has 4 nitrogen and oxygen atoms in total. The number of benzene rings is 2. The van der Waals surface area contributed by atoms with E-state index in [-0.39, 0.29) is 5.78 Å². The van der Waals surface area contributed by atoms with Crippen LogP contribution in [0, 0.1) is 6.92 Å². The Kier molecular flexibility index (Phi) is 6.01. The quantitative estimate of drug-likeness (QED) is 0.438. The number of hydrogen-bond acceptors (Lipinski definition) is 3. The summed E-state index contributed by atoms with van der Waals surface area (Å²) in [6, 6.07) is 12.1. The van der Waals surface area contributed by atoms with Crippen LogP contribution in [-0.2, 0) is 0 Å². The number of ketones is 1. The number of carbonyl (C=O) groups is 2. The molecule has 138 valence electrons. The molecule has 0 atom stereocenters. The van der Waals surface area contributed by atoms with Crippen LogP contribution in [0.4, 0.5) is 0 Å². The van der Waals surface area contributed by atoms with Gasteiger partial charge in [-0.2, -0.15) is 4.99 Å². The molecule has 27 heavy (non-hydrogen) atoms. The highest BCUT2D eigenvalue weighted by molar-refractivity contribution is 9.10. The minimum Gasteiger partial charge on any atom is -0.294 e. The summed E-state index contributed by atoms with van der Waals surface area (Å²) in [5.41, 5.74) is 1.79. The van der Waals surface area contributed by atoms with E-state index in [4.69, 9.17) is 23.2 Å². The number of amides is 1. The van der Waals surface area contributed by atoms with Gasteiger partial charge in [0.2, 0.25) is 0 Å². The smallest absolute Gasteiger partial charge is 0.280 e. The summed E-state index contributed by atoms with van der Waals surface area (Å²) in [6.45, 7) is 3.29. The Bertz CT molecular complexity index is 1130. The minimum atomic E-state index is -0.410. The van der Waals surface area contributed by atoms with E-state index in [0.717, 1.165) is 11.3 Å². The molecule has 0 saturated carbocycles. The number of carbonyl (C=O) groups excluding carboxylic acids is 2. The summed E-state index contributed by atoms with van der Waals surface area (Å²) in [6.07, 6.45) is 0. The zero-order valence-corrected chi connectivity index (χ0v) is 18.2. The molecule has 1 heterocycles. The molecule has 0 aliphatic carbocycles. The molecule has 0 unspecified atom stereocenters. The first-order valence-corrected chi connectivity index (χ1v) is 10.2. The van der Waals surface area contributed by atoms with E-state index in [1.807, 2.05) is 6.07 Å². The number of nitrogens with zero attached hydrogens (tertiary/aromatic N) is 2. The summed E-state index contributed by atoms with van der Waals surface area (Å²) in [5, 5.41) is 0.795. The second-order valence-corrected chi connectivity index (χ2v) is 8.33. The number of rotatable bonds is 3. The van der Waals surface area contributed by atoms with Crippen molar-refractivity contribution < 1.29 is 9.59 Å². The normalized spacial score (nSPS) is 11.7. The Hall–Kier alpha value is -1.73. The summed E-state index contributed by atoms with van der Waals surface area (Å²) < 4.78 is 2.39. The molecule has 0 fully saturated rings. The maximum Gasteiger partial charge on any atom is 0.280 e. The largest absolute Gasteiger partial charge is 0.294 e. The Morgan fingerprint density at radius 1 is 1.11 bits per heavy atom. The fourth-order valence-corrected chi connectivity index (χ4v) is 4.34. The average molecular weight is 484 g/mol. The summed E-state index contributed by atoms with van der Waals surface area (Å²) in [5.74, 6) is -0.506. The van der Waals surface area contributed by atoms with Crippen molar-refractivity contribution in [2.75, 3.05) is 0 Å². The Labute approximate surface area is 178 Å². The standard InChI is InChI=1S/C19H13BrCl2N2O2S/c1-10-17(11(2)25)27-19(23-18(26)13-5-3-4-6-14(13)20)24(10)12-7-8-15(21)16(22)9-12/h3-9H,1-2H3. The minimum absolute atomic E-state index is 0.0962. The van der Waals surface area contributed by atoms with Crippen molar-refractivity contribution in [2.45, 2.75) is 13.8 Å². The third-order valence-electron chi connectivity index (χ3n) is 3.83. The van der Waals surface area contributed by atoms with Gasteiger partial charge in [0, 0.05) is 22.8 Å². The first kappa shape index (κ1) is 20.0. The van der Waals surface area contributed by atoms with Crippen molar-refractivity contribution in [3.05, 3.63) is 77.9 Å². The second-order valence-electron chi connectivity index (χ2n) is 5.69. The van der Waals surface area contributed by atoms with E-state index in [0.29, 0.717) is 41.1 Å². The van der Waals surface area contributed by atoms with Gasteiger partial charge in [0.25, 0.3) is 5.91 Å². The molecular formula is C19H13BrCl2N2O2S. The lowest BCUT2D eigenvalue weighted by Crippen LogP contribution is -2.17. The zero-order chi connectivity index (χ0) is 19.7. The maximum atomic E-state index is 12.7. The van der Waals surface area contributed by atoms with Crippen molar-refractivity contribution >= 4 is 62.2 Å². The van der Waals surface area contributed by atoms with Crippen molar-refractivity contribution in [1.29, 1.82) is 0 Å². The number of halogens is 3. The van der Waals surface area contributed by atoms with Gasteiger partial charge < -0.3 is 0 Å². The number of aromatic nitrogens is 1. The van der Waals surface area contributed by atoms with Gasteiger partial charge in [-0.25, -0.2) is 0 Å². The molecule has 0 aliphatic rings. The SMILES string of the molecule is CC(=O)c1sc(=NC(=O)c2ccccc2Br)n(-c2ccc(Cl)c(Cl)c2)c1C. The van der Waals surface area contributed by atoms with Crippen molar-refractivity contribution in [2.24, 2.45) is 4.99 Å². The third kappa shape index (κ3) is 4.09. The van der Waals surface area contributed by atoms with Gasteiger partial charge in [-0.05, 0) is 53.2 Å². The molecule has 8 heteroatoms. The summed E-state index contributed by atoms with van der Waals surface area (Å²) in [7, 11) is 0. The van der Waals surface area contributed by atoms with Gasteiger partial charge in [0.1, 0.15) is 0 Å². The molecule has 0 bridgehead atoms. The highest BCUT2D eigenvalue weighted by atomic mass is 79.9. The van der Waals surface area contributed by atoms with E-state index in [1.165, 1.54) is 6.92 Å². The maximum absolute atomic E-state index is 12.7. The van der Waals surface area contributed by atoms with Crippen LogP contribution in [-0.4, -0.2) is 16.3 Å². The van der Waals surface area contributed by atoms with E-state index < -0.39 is 5.91 Å². The van der Waals surface area contributed by atoms with Crippen LogP contribution in [0.3, 0.4) is 0 Å². The van der Waals surface area contributed by atoms with Gasteiger partial charge in [-0.1, -0.05) is 46.7 Å². The van der Waals surface area contributed by atoms with Gasteiger partial charge in [-0.3, -0.25) is 14.2 Å². The van der Waals surface area contributed by atoms with E-state index >= 15 is 0 Å². The number of thiazole rings is 1. The van der Waals surface area contributed by atoms with Crippen LogP contribution in [0.25, 0.3) is 5.69 Å². The summed E-state index contributed by atoms with van der Waals surface area (Å²) >= 11 is 16.7. The number of hydrogen-bond donors (Lipinski definition) is 0. The first-order valence-electron chi connectivity index (χ1n) is 7.82. The molecule has 1 aromatic heterocycles. The van der Waals surface area contributed by atoms with E-state index in [1.54, 1.807) is 47.9 Å². The van der Waals surface area contributed by atoms with E-state index in [2.05, 4.69) is 20.9 Å². The van der Waals surface area contributed by atoms with Crippen LogP contribution in [0.15, 0.2) is 51.9 Å². The van der Waals surface area contributed by atoms with Crippen LogP contribution in [0.2, 0.25) is 10.0 Å². The van der Waals surface area contributed by atoms with Gasteiger partial charge in [0.05, 0.1) is 20.5 Å². The fourth-order valence-electron chi connectivity index (χ4n) is 2.57. The molecule has 3 aromatic rings. The lowest BCUT2D eigenvalue weighted by molar-refractivity contribution is 0.0994. The monoisotopic (exact) mass is 482 g/mol. The van der Waals surface area contributed by atoms with Crippen molar-refractivity contribution in [1.82, 2.24) is 4.57 Å². The molecule has 0 N–H and O–H groups in total. The van der Waals surface area contributed by atoms with Gasteiger partial charge in [0.15, 0.2) is 10.6 Å². The molecule has 1 amide bonds. The fraction of sp³-hybridized carbons (Fsp3) is 0.105. The van der Waals surface area contributed by atoms with Crippen molar-refractivity contribution in [3.8, 4) is 5.69 Å². The Balaban J connectivity index is 2.24. The Morgan fingerprint density at radius 3 is 2.44 bits per heavy atom. The summed E-state index contributed by atoms with van der Waals surface area (Å²) in [4.78, 5) is 29.9. The Morgan fingerprint density at radius 2 is 1.81 bits per heavy atom. The van der Waals surface area contributed by atoms with Crippen LogP contribution < -0.4 is 4.80 Å². The second kappa shape index (κ2) is 8.10. The zero-order valence-electron chi connectivity index (χ0n) is 14.3. The van der Waals surface area contributed by atoms with Gasteiger partial charge >= 0.3 is 0 Å². The molecule has 0 spiro atoms. The predicted octanol–water partition coefficient (Wildman–Crippen LogP) is 5.86. The first-order chi connectivity index (χ1) is 12.8. The van der Waals surface area contributed by atoms with Crippen LogP contribution in [0.1, 0.15) is 32.6 Å². The highest BCUT2D eigenvalue weighted by Crippen LogP contribution is 2.26. The third-order valence-corrected chi connectivity index (χ3v) is 6.51. The van der Waals surface area contributed by atoms with Crippen LogP contribution >= 0.6 is 50.5 Å². The molecule has 2 aromatic carbocycles. The molecule has 0 saturated heterocycles. The average Bonchev–Trinajstić information content (AvgIpc) is 2.94.